The van der Waals surface area contributed by atoms with Crippen LogP contribution in [0.4, 0.5) is 11.4 Å². The highest BCUT2D eigenvalue weighted by Gasteiger charge is 2.28. The minimum absolute atomic E-state index is 0.196. The molecule has 0 saturated heterocycles. The number of nitrogen functional groups attached to an aromatic ring is 1. The van der Waals surface area contributed by atoms with Gasteiger partial charge in [0.15, 0.2) is 0 Å². The summed E-state index contributed by atoms with van der Waals surface area (Å²) in [7, 11) is -3.27. The van der Waals surface area contributed by atoms with Gasteiger partial charge in [-0.05, 0) is 43.4 Å². The van der Waals surface area contributed by atoms with Gasteiger partial charge in [0.2, 0.25) is 10.0 Å². The summed E-state index contributed by atoms with van der Waals surface area (Å²) in [5, 5.41) is 0. The van der Waals surface area contributed by atoms with E-state index in [2.05, 4.69) is 20.7 Å². The molecule has 2 rings (SSSR count). The maximum absolute atomic E-state index is 11.9. The minimum Gasteiger partial charge on any atom is -0.397 e. The summed E-state index contributed by atoms with van der Waals surface area (Å²) in [5.41, 5.74) is 7.57. The van der Waals surface area contributed by atoms with Crippen LogP contribution in [0.3, 0.4) is 0 Å². The molecule has 0 amide bonds. The van der Waals surface area contributed by atoms with Crippen molar-refractivity contribution in [2.45, 2.75) is 19.8 Å². The molecule has 1 fully saturated rings. The maximum atomic E-state index is 11.9. The molecule has 0 radical (unpaired) electrons. The van der Waals surface area contributed by atoms with Crippen molar-refractivity contribution in [3.63, 3.8) is 0 Å². The van der Waals surface area contributed by atoms with Crippen molar-refractivity contribution in [3.8, 4) is 0 Å². The van der Waals surface area contributed by atoms with Crippen LogP contribution in [-0.4, -0.2) is 14.2 Å². The molecule has 6 heteroatoms. The van der Waals surface area contributed by atoms with E-state index >= 15 is 0 Å². The molecule has 1 aromatic carbocycles. The van der Waals surface area contributed by atoms with Crippen molar-refractivity contribution in [2.24, 2.45) is 5.92 Å². The molecule has 0 heterocycles. The van der Waals surface area contributed by atoms with E-state index in [-0.39, 0.29) is 5.75 Å². The van der Waals surface area contributed by atoms with Crippen LogP contribution in [0.5, 0.6) is 0 Å². The Morgan fingerprint density at radius 3 is 2.65 bits per heavy atom. The van der Waals surface area contributed by atoms with Crippen molar-refractivity contribution >= 4 is 37.3 Å². The Kier molecular flexibility index (Phi) is 3.36. The Hall–Kier alpha value is -0.750. The molecular weight excluding hydrogens is 304 g/mol. The second kappa shape index (κ2) is 4.49. The standard InChI is InChI=1S/C11H15BrN2O2S/c1-7-4-9(12)5-10(13)11(7)14-17(15,16)6-8-2-3-8/h4-5,8,14H,2-3,6,13H2,1H3. The van der Waals surface area contributed by atoms with E-state index in [0.29, 0.717) is 17.3 Å². The summed E-state index contributed by atoms with van der Waals surface area (Å²) in [5.74, 6) is 0.520. The van der Waals surface area contributed by atoms with Crippen molar-refractivity contribution < 1.29 is 8.42 Å². The lowest BCUT2D eigenvalue weighted by atomic mass is 10.2. The number of nitrogens with one attached hydrogen (secondary N) is 1. The highest BCUT2D eigenvalue weighted by Crippen LogP contribution is 2.33. The third-order valence-electron chi connectivity index (χ3n) is 2.74. The fourth-order valence-corrected chi connectivity index (χ4v) is 3.92. The second-order valence-corrected chi connectivity index (χ2v) is 7.20. The Morgan fingerprint density at radius 1 is 1.47 bits per heavy atom. The summed E-state index contributed by atoms with van der Waals surface area (Å²) < 4.78 is 27.1. The van der Waals surface area contributed by atoms with Gasteiger partial charge in [0.25, 0.3) is 0 Å². The molecule has 1 aliphatic rings. The predicted octanol–water partition coefficient (Wildman–Crippen LogP) is 2.49. The summed E-state index contributed by atoms with van der Waals surface area (Å²) in [6.45, 7) is 1.83. The van der Waals surface area contributed by atoms with Crippen LogP contribution < -0.4 is 10.5 Å². The first kappa shape index (κ1) is 12.7. The maximum Gasteiger partial charge on any atom is 0.233 e. The quantitative estimate of drug-likeness (QED) is 0.838. The molecule has 0 aromatic heterocycles. The lowest BCUT2D eigenvalue weighted by Gasteiger charge is -2.13. The highest BCUT2D eigenvalue weighted by molar-refractivity contribution is 9.10. The van der Waals surface area contributed by atoms with E-state index in [1.165, 1.54) is 0 Å². The third kappa shape index (κ3) is 3.35. The van der Waals surface area contributed by atoms with Crippen LogP contribution in [0.15, 0.2) is 16.6 Å². The first-order valence-corrected chi connectivity index (χ1v) is 7.88. The molecule has 0 aliphatic heterocycles. The number of nitrogens with two attached hydrogens (primary N) is 1. The Morgan fingerprint density at radius 2 is 2.12 bits per heavy atom. The van der Waals surface area contributed by atoms with Crippen molar-refractivity contribution in [2.75, 3.05) is 16.2 Å². The number of sulfonamides is 1. The van der Waals surface area contributed by atoms with E-state index in [9.17, 15) is 8.42 Å². The smallest absolute Gasteiger partial charge is 0.233 e. The first-order chi connectivity index (χ1) is 7.87. The number of hydrogen-bond donors (Lipinski definition) is 2. The van der Waals surface area contributed by atoms with Gasteiger partial charge < -0.3 is 5.73 Å². The summed E-state index contributed by atoms with van der Waals surface area (Å²) in [4.78, 5) is 0. The SMILES string of the molecule is Cc1cc(Br)cc(N)c1NS(=O)(=O)CC1CC1. The first-order valence-electron chi connectivity index (χ1n) is 5.43. The molecular formula is C11H15BrN2O2S. The van der Waals surface area contributed by atoms with Gasteiger partial charge in [-0.2, -0.15) is 0 Å². The number of rotatable bonds is 4. The topological polar surface area (TPSA) is 72.2 Å². The van der Waals surface area contributed by atoms with Gasteiger partial charge in [0.1, 0.15) is 0 Å². The van der Waals surface area contributed by atoms with Crippen LogP contribution >= 0.6 is 15.9 Å². The van der Waals surface area contributed by atoms with E-state index in [0.717, 1.165) is 22.9 Å². The molecule has 1 saturated carbocycles. The fraction of sp³-hybridized carbons (Fsp3) is 0.455. The van der Waals surface area contributed by atoms with Gasteiger partial charge in [0, 0.05) is 4.47 Å². The molecule has 0 unspecified atom stereocenters. The molecule has 0 atom stereocenters. The minimum atomic E-state index is -3.27. The van der Waals surface area contributed by atoms with Gasteiger partial charge in [-0.25, -0.2) is 8.42 Å². The van der Waals surface area contributed by atoms with Crippen molar-refractivity contribution in [1.29, 1.82) is 0 Å². The normalized spacial score (nSPS) is 15.9. The molecule has 0 spiro atoms. The third-order valence-corrected chi connectivity index (χ3v) is 4.62. The zero-order valence-corrected chi connectivity index (χ0v) is 11.9. The van der Waals surface area contributed by atoms with Gasteiger partial charge in [0.05, 0.1) is 17.1 Å². The van der Waals surface area contributed by atoms with Crippen molar-refractivity contribution in [3.05, 3.63) is 22.2 Å². The molecule has 94 valence electrons. The number of halogens is 1. The van der Waals surface area contributed by atoms with Gasteiger partial charge in [-0.1, -0.05) is 15.9 Å². The molecule has 1 aromatic rings. The Balaban J connectivity index is 2.23. The lowest BCUT2D eigenvalue weighted by Crippen LogP contribution is -2.19. The fourth-order valence-electron chi connectivity index (χ4n) is 1.70. The van der Waals surface area contributed by atoms with Gasteiger partial charge >= 0.3 is 0 Å². The average molecular weight is 319 g/mol. The molecule has 3 N–H and O–H groups in total. The zero-order chi connectivity index (χ0) is 12.6. The highest BCUT2D eigenvalue weighted by atomic mass is 79.9. The summed E-state index contributed by atoms with van der Waals surface area (Å²) in [6.07, 6.45) is 2.02. The monoisotopic (exact) mass is 318 g/mol. The number of hydrogen-bond acceptors (Lipinski definition) is 3. The van der Waals surface area contributed by atoms with E-state index in [1.54, 1.807) is 6.07 Å². The van der Waals surface area contributed by atoms with Crippen LogP contribution in [0, 0.1) is 12.8 Å². The predicted molar refractivity (Wildman–Crippen MR) is 73.4 cm³/mol. The Bertz CT molecular complexity index is 515. The molecule has 17 heavy (non-hydrogen) atoms. The number of benzene rings is 1. The lowest BCUT2D eigenvalue weighted by molar-refractivity contribution is 0.597. The second-order valence-electron chi connectivity index (χ2n) is 4.51. The van der Waals surface area contributed by atoms with Crippen LogP contribution in [0.2, 0.25) is 0 Å². The van der Waals surface area contributed by atoms with Crippen molar-refractivity contribution in [1.82, 2.24) is 0 Å². The van der Waals surface area contributed by atoms with Gasteiger partial charge in [-0.3, -0.25) is 4.72 Å². The number of aryl methyl sites for hydroxylation is 1. The summed E-state index contributed by atoms with van der Waals surface area (Å²) in [6, 6.07) is 3.54. The van der Waals surface area contributed by atoms with E-state index in [4.69, 9.17) is 5.73 Å². The zero-order valence-electron chi connectivity index (χ0n) is 9.53. The molecule has 1 aliphatic carbocycles. The van der Waals surface area contributed by atoms with Gasteiger partial charge in [-0.15, -0.1) is 0 Å². The molecule has 0 bridgehead atoms. The molecule has 4 nitrogen and oxygen atoms in total. The van der Waals surface area contributed by atoms with E-state index < -0.39 is 10.0 Å². The summed E-state index contributed by atoms with van der Waals surface area (Å²) >= 11 is 3.32. The average Bonchev–Trinajstić information content (AvgIpc) is 2.94. The number of anilines is 2. The van der Waals surface area contributed by atoms with Crippen LogP contribution in [0.25, 0.3) is 0 Å². The van der Waals surface area contributed by atoms with Crippen LogP contribution in [0.1, 0.15) is 18.4 Å². The van der Waals surface area contributed by atoms with E-state index in [1.807, 2.05) is 13.0 Å². The Labute approximate surface area is 110 Å². The van der Waals surface area contributed by atoms with Crippen LogP contribution in [-0.2, 0) is 10.0 Å². The largest absolute Gasteiger partial charge is 0.397 e.